The molecule has 0 radical (unpaired) electrons. The van der Waals surface area contributed by atoms with Crippen molar-refractivity contribution < 1.29 is 80.2 Å². The van der Waals surface area contributed by atoms with Gasteiger partial charge in [0.2, 0.25) is 0 Å². The van der Waals surface area contributed by atoms with Crippen molar-refractivity contribution in [1.29, 1.82) is 0 Å². The van der Waals surface area contributed by atoms with Crippen molar-refractivity contribution in [3.05, 3.63) is 122 Å². The molecule has 0 aliphatic rings. The first kappa shape index (κ1) is 95.5. The van der Waals surface area contributed by atoms with Gasteiger partial charge in [0.15, 0.2) is 12.2 Å². The molecule has 0 aliphatic carbocycles. The SMILES string of the molecule is CC/C=C\C/C=C\C/C=C\C/C=C\C/C=C\C/C=C\CCC(=O)OCC(COP(=O)(O)OCC(O)COP(=O)(O)OCC(COC(=O)CCCCCCC/C=C\CCCCCC)OC(=O)CCCCCCCCCCCCC)OC(=O)CCCCCCCCC/C=C\C/C=C\C/C=C\CC. The number of hydrogen-bond donors (Lipinski definition) is 3. The lowest BCUT2D eigenvalue weighted by Gasteiger charge is -2.21. The van der Waals surface area contributed by atoms with Crippen LogP contribution < -0.4 is 0 Å². The molecule has 0 heterocycles. The van der Waals surface area contributed by atoms with Crippen molar-refractivity contribution in [3.8, 4) is 0 Å². The van der Waals surface area contributed by atoms with Gasteiger partial charge < -0.3 is 33.8 Å². The molecule has 0 spiro atoms. The fourth-order valence-corrected chi connectivity index (χ4v) is 11.7. The highest BCUT2D eigenvalue weighted by Gasteiger charge is 2.30. The van der Waals surface area contributed by atoms with E-state index in [0.29, 0.717) is 32.1 Å². The molecule has 0 fully saturated rings. The highest BCUT2D eigenvalue weighted by Crippen LogP contribution is 2.45. The fraction of sp³-hybridized carbons (Fsp3) is 0.704. The van der Waals surface area contributed by atoms with E-state index in [1.807, 2.05) is 18.2 Å². The minimum atomic E-state index is -5.00. The van der Waals surface area contributed by atoms with E-state index in [-0.39, 0.29) is 25.7 Å². The van der Waals surface area contributed by atoms with Crippen molar-refractivity contribution in [1.82, 2.24) is 0 Å². The molecule has 0 rings (SSSR count). The van der Waals surface area contributed by atoms with E-state index in [1.165, 1.54) is 64.2 Å². The number of carbonyl (C=O) groups is 4. The third kappa shape index (κ3) is 71.8. The second-order valence-electron chi connectivity index (χ2n) is 25.5. The number of hydrogen-bond acceptors (Lipinski definition) is 15. The van der Waals surface area contributed by atoms with Crippen LogP contribution in [0.4, 0.5) is 0 Å². The van der Waals surface area contributed by atoms with Gasteiger partial charge in [-0.2, -0.15) is 0 Å². The Balaban J connectivity index is 5.41. The largest absolute Gasteiger partial charge is 0.472 e. The van der Waals surface area contributed by atoms with Crippen LogP contribution in [0.15, 0.2) is 122 Å². The lowest BCUT2D eigenvalue weighted by Crippen LogP contribution is -2.30. The molecule has 0 aliphatic heterocycles. The maximum Gasteiger partial charge on any atom is 0.472 e. The minimum absolute atomic E-state index is 0.0318. The van der Waals surface area contributed by atoms with Gasteiger partial charge in [-0.25, -0.2) is 9.13 Å². The van der Waals surface area contributed by atoms with Crippen molar-refractivity contribution in [2.24, 2.45) is 0 Å². The van der Waals surface area contributed by atoms with E-state index in [2.05, 4.69) is 131 Å². The van der Waals surface area contributed by atoms with Gasteiger partial charge in [-0.05, 0) is 122 Å². The third-order valence-electron chi connectivity index (χ3n) is 15.9. The molecule has 0 aromatic rings. The maximum atomic E-state index is 13.1. The Morgan fingerprint density at radius 1 is 0.290 bits per heavy atom. The van der Waals surface area contributed by atoms with Gasteiger partial charge in [0.1, 0.15) is 19.3 Å². The topological polar surface area (TPSA) is 237 Å². The van der Waals surface area contributed by atoms with Crippen molar-refractivity contribution in [3.63, 3.8) is 0 Å². The first-order chi connectivity index (χ1) is 48.7. The van der Waals surface area contributed by atoms with Crippen LogP contribution in [0.25, 0.3) is 0 Å². The summed E-state index contributed by atoms with van der Waals surface area (Å²) in [7, 11) is -9.97. The van der Waals surface area contributed by atoms with Crippen LogP contribution in [-0.2, 0) is 65.4 Å². The van der Waals surface area contributed by atoms with Gasteiger partial charge >= 0.3 is 39.5 Å². The van der Waals surface area contributed by atoms with Gasteiger partial charge in [0, 0.05) is 25.7 Å². The van der Waals surface area contributed by atoms with E-state index in [1.54, 1.807) is 0 Å². The van der Waals surface area contributed by atoms with Crippen molar-refractivity contribution >= 4 is 39.5 Å². The van der Waals surface area contributed by atoms with Crippen LogP contribution in [0.1, 0.15) is 310 Å². The second kappa shape index (κ2) is 72.8. The predicted molar refractivity (Wildman–Crippen MR) is 408 cm³/mol. The first-order valence-corrected chi connectivity index (χ1v) is 41.8. The van der Waals surface area contributed by atoms with Crippen molar-refractivity contribution in [2.45, 2.75) is 329 Å². The van der Waals surface area contributed by atoms with Crippen LogP contribution in [0.5, 0.6) is 0 Å². The van der Waals surface area contributed by atoms with E-state index >= 15 is 0 Å². The molecule has 5 unspecified atom stereocenters. The third-order valence-corrected chi connectivity index (χ3v) is 17.8. The number of unbranched alkanes of at least 4 members (excludes halogenated alkanes) is 26. The Hall–Kier alpha value is -4.54. The molecule has 0 amide bonds. The van der Waals surface area contributed by atoms with E-state index in [9.17, 15) is 43.2 Å². The monoisotopic (exact) mass is 1440 g/mol. The summed E-state index contributed by atoms with van der Waals surface area (Å²) in [5.41, 5.74) is 0. The number of esters is 4. The average Bonchev–Trinajstić information content (AvgIpc) is 0.930. The van der Waals surface area contributed by atoms with Gasteiger partial charge in [-0.3, -0.25) is 37.3 Å². The summed E-state index contributed by atoms with van der Waals surface area (Å²) < 4.78 is 68.4. The first-order valence-electron chi connectivity index (χ1n) is 38.8. The van der Waals surface area contributed by atoms with Crippen LogP contribution in [0.3, 0.4) is 0 Å². The lowest BCUT2D eigenvalue weighted by atomic mass is 10.1. The molecule has 0 bridgehead atoms. The summed E-state index contributed by atoms with van der Waals surface area (Å²) in [5, 5.41) is 10.6. The molecule has 0 aromatic carbocycles. The van der Waals surface area contributed by atoms with Crippen LogP contribution in [-0.4, -0.2) is 96.7 Å². The van der Waals surface area contributed by atoms with E-state index in [4.69, 9.17) is 37.0 Å². The summed E-state index contributed by atoms with van der Waals surface area (Å²) in [5.74, 6) is -2.29. The number of ether oxygens (including phenoxy) is 4. The Kier molecular flexibility index (Phi) is 69.5. The van der Waals surface area contributed by atoms with Crippen LogP contribution >= 0.6 is 15.6 Å². The summed E-state index contributed by atoms with van der Waals surface area (Å²) in [6, 6.07) is 0. The zero-order valence-corrected chi connectivity index (χ0v) is 64.4. The fourth-order valence-electron chi connectivity index (χ4n) is 10.1. The van der Waals surface area contributed by atoms with Gasteiger partial charge in [-0.1, -0.05) is 284 Å². The second-order valence-corrected chi connectivity index (χ2v) is 28.4. The Labute approximate surface area is 606 Å². The number of rotatable bonds is 72. The number of carbonyl (C=O) groups excluding carboxylic acids is 4. The van der Waals surface area contributed by atoms with Gasteiger partial charge in [0.25, 0.3) is 0 Å². The zero-order valence-electron chi connectivity index (χ0n) is 62.6. The molecule has 17 nitrogen and oxygen atoms in total. The molecule has 0 aromatic heterocycles. The Morgan fingerprint density at radius 3 is 0.880 bits per heavy atom. The van der Waals surface area contributed by atoms with Crippen molar-refractivity contribution in [2.75, 3.05) is 39.6 Å². The number of phosphoric acid groups is 2. The maximum absolute atomic E-state index is 13.1. The molecular formula is C81H138O17P2. The van der Waals surface area contributed by atoms with Gasteiger partial charge in [0.05, 0.1) is 26.4 Å². The summed E-state index contributed by atoms with van der Waals surface area (Å²) >= 11 is 0. The predicted octanol–water partition coefficient (Wildman–Crippen LogP) is 22.3. The minimum Gasteiger partial charge on any atom is -0.462 e. The van der Waals surface area contributed by atoms with Gasteiger partial charge in [-0.15, -0.1) is 0 Å². The highest BCUT2D eigenvalue weighted by molar-refractivity contribution is 7.47. The standard InChI is InChI=1S/C81H138O17P2/c1-5-9-13-17-21-25-29-32-34-36-37-39-40-43-47-50-54-58-62-66-79(84)92-72-77(98-81(86)68-64-60-56-52-48-44-41-38-35-33-30-26-22-18-14-10-6-2)74-96-100(89,90)94-70-75(82)69-93-99(87,88)95-73-76(97-80(85)67-63-59-55-51-45-28-24-20-16-12-8-4)71-91-78(83)65-61-57-53-49-46-42-31-27-23-19-15-11-7-3/h9-10,13-14,21-22,25-27,31-35,37,39,43,47,54,58,75-77,82H,5-8,11-12,15-20,23-24,28-30,36,38,40-42,44-46,48-53,55-57,59-74H2,1-4H3,(H,87,88)(H,89,90)/b13-9-,14-10-,25-21-,26-22-,31-27-,34-32-,35-33-,39-37-,47-43-,58-54-. The summed E-state index contributed by atoms with van der Waals surface area (Å²) in [6.07, 6.45) is 79.2. The molecule has 19 heteroatoms. The molecule has 5 atom stereocenters. The summed E-state index contributed by atoms with van der Waals surface area (Å²) in [6.45, 7) is 4.53. The number of aliphatic hydroxyl groups excluding tert-OH is 1. The van der Waals surface area contributed by atoms with E-state index in [0.717, 1.165) is 161 Å². The Morgan fingerprint density at radius 2 is 0.540 bits per heavy atom. The molecule has 3 N–H and O–H groups in total. The number of aliphatic hydroxyl groups is 1. The molecular weight excluding hydrogens is 1310 g/mol. The molecule has 0 saturated heterocycles. The highest BCUT2D eigenvalue weighted by atomic mass is 31.2. The lowest BCUT2D eigenvalue weighted by molar-refractivity contribution is -0.161. The normalized spacial score (nSPS) is 14.6. The molecule has 574 valence electrons. The van der Waals surface area contributed by atoms with E-state index < -0.39 is 97.5 Å². The zero-order chi connectivity index (χ0) is 73.2. The summed E-state index contributed by atoms with van der Waals surface area (Å²) in [4.78, 5) is 72.8. The Bertz CT molecular complexity index is 2370. The molecule has 100 heavy (non-hydrogen) atoms. The number of allylic oxidation sites excluding steroid dienone is 20. The smallest absolute Gasteiger partial charge is 0.462 e. The van der Waals surface area contributed by atoms with Crippen LogP contribution in [0.2, 0.25) is 0 Å². The number of phosphoric ester groups is 2. The average molecular weight is 1450 g/mol. The quantitative estimate of drug-likeness (QED) is 0.0169. The van der Waals surface area contributed by atoms with Crippen LogP contribution in [0, 0.1) is 0 Å². The molecule has 0 saturated carbocycles.